The highest BCUT2D eigenvalue weighted by Crippen LogP contribution is 2.14. The monoisotopic (exact) mass is 345 g/mol. The first-order valence-electron chi connectivity index (χ1n) is 7.79. The van der Waals surface area contributed by atoms with Crippen LogP contribution in [0.3, 0.4) is 0 Å². The van der Waals surface area contributed by atoms with Gasteiger partial charge in [0.15, 0.2) is 0 Å². The summed E-state index contributed by atoms with van der Waals surface area (Å²) in [5.41, 5.74) is 0.516. The van der Waals surface area contributed by atoms with E-state index in [1.54, 1.807) is 18.1 Å². The number of nitrogens with zero attached hydrogens (tertiary/aromatic N) is 4. The molecule has 0 fully saturated rings. The molecular weight excluding hydrogens is 326 g/mol. The van der Waals surface area contributed by atoms with Crippen molar-refractivity contribution in [3.8, 4) is 0 Å². The molecule has 0 atom stereocenters. The van der Waals surface area contributed by atoms with Crippen molar-refractivity contribution < 1.29 is 4.79 Å². The molecule has 3 aromatic rings. The SMILES string of the molecule is CCc1nccn1CCC(=O)N(C)Cc1nc2ccsc2c(=O)[nH]1. The van der Waals surface area contributed by atoms with Gasteiger partial charge in [0.25, 0.3) is 5.56 Å². The van der Waals surface area contributed by atoms with E-state index in [-0.39, 0.29) is 18.0 Å². The quantitative estimate of drug-likeness (QED) is 0.738. The van der Waals surface area contributed by atoms with Gasteiger partial charge in [0, 0.05) is 38.8 Å². The van der Waals surface area contributed by atoms with Crippen LogP contribution in [-0.2, 0) is 24.3 Å². The van der Waals surface area contributed by atoms with Crippen molar-refractivity contribution in [1.82, 2.24) is 24.4 Å². The molecule has 1 amide bonds. The van der Waals surface area contributed by atoms with E-state index < -0.39 is 0 Å². The van der Waals surface area contributed by atoms with Gasteiger partial charge in [-0.1, -0.05) is 6.92 Å². The molecule has 0 bridgehead atoms. The Labute approximate surface area is 143 Å². The molecule has 0 aliphatic heterocycles. The number of carbonyl (C=O) groups is 1. The fraction of sp³-hybridized carbons (Fsp3) is 0.375. The topological polar surface area (TPSA) is 83.9 Å². The Balaban J connectivity index is 1.64. The lowest BCUT2D eigenvalue weighted by atomic mass is 10.3. The number of aromatic amines is 1. The van der Waals surface area contributed by atoms with Crippen molar-refractivity contribution in [3.05, 3.63) is 45.8 Å². The molecule has 1 N–H and O–H groups in total. The van der Waals surface area contributed by atoms with Crippen molar-refractivity contribution in [2.75, 3.05) is 7.05 Å². The van der Waals surface area contributed by atoms with Crippen LogP contribution < -0.4 is 5.56 Å². The van der Waals surface area contributed by atoms with Gasteiger partial charge in [-0.05, 0) is 11.4 Å². The van der Waals surface area contributed by atoms with Crippen LogP contribution in [0.4, 0.5) is 0 Å². The van der Waals surface area contributed by atoms with Gasteiger partial charge in [0.1, 0.15) is 16.3 Å². The maximum Gasteiger partial charge on any atom is 0.268 e. The molecule has 8 heteroatoms. The van der Waals surface area contributed by atoms with Gasteiger partial charge in [-0.2, -0.15) is 0 Å². The Bertz CT molecular complexity index is 910. The average molecular weight is 345 g/mol. The van der Waals surface area contributed by atoms with Crippen molar-refractivity contribution in [3.63, 3.8) is 0 Å². The number of imidazole rings is 1. The predicted octanol–water partition coefficient (Wildman–Crippen LogP) is 1.79. The molecule has 0 aliphatic rings. The Morgan fingerprint density at radius 2 is 2.29 bits per heavy atom. The number of hydrogen-bond donors (Lipinski definition) is 1. The number of aromatic nitrogens is 4. The van der Waals surface area contributed by atoms with Crippen molar-refractivity contribution >= 4 is 27.5 Å². The molecule has 0 radical (unpaired) electrons. The first-order chi connectivity index (χ1) is 11.6. The lowest BCUT2D eigenvalue weighted by Crippen LogP contribution is -2.29. The smallest absolute Gasteiger partial charge is 0.268 e. The average Bonchev–Trinajstić information content (AvgIpc) is 3.21. The summed E-state index contributed by atoms with van der Waals surface area (Å²) in [5.74, 6) is 1.47. The molecular formula is C16H19N5O2S. The van der Waals surface area contributed by atoms with E-state index in [9.17, 15) is 9.59 Å². The van der Waals surface area contributed by atoms with Crippen molar-refractivity contribution in [1.29, 1.82) is 0 Å². The second-order valence-electron chi connectivity index (χ2n) is 5.54. The third-order valence-electron chi connectivity index (χ3n) is 3.86. The van der Waals surface area contributed by atoms with Crippen LogP contribution in [0, 0.1) is 0 Å². The van der Waals surface area contributed by atoms with Gasteiger partial charge in [-0.15, -0.1) is 11.3 Å². The van der Waals surface area contributed by atoms with Gasteiger partial charge in [-0.3, -0.25) is 9.59 Å². The summed E-state index contributed by atoms with van der Waals surface area (Å²) >= 11 is 1.36. The van der Waals surface area contributed by atoms with Crippen LogP contribution in [0.25, 0.3) is 10.2 Å². The molecule has 7 nitrogen and oxygen atoms in total. The summed E-state index contributed by atoms with van der Waals surface area (Å²) in [6.07, 6.45) is 4.85. The molecule has 0 saturated carbocycles. The maximum atomic E-state index is 12.3. The second kappa shape index (κ2) is 6.96. The van der Waals surface area contributed by atoms with Gasteiger partial charge in [-0.25, -0.2) is 9.97 Å². The summed E-state index contributed by atoms with van der Waals surface area (Å²) in [5, 5.41) is 1.84. The Hall–Kier alpha value is -2.48. The molecule has 0 spiro atoms. The fourth-order valence-electron chi connectivity index (χ4n) is 2.57. The number of thiophene rings is 1. The van der Waals surface area contributed by atoms with Crippen LogP contribution in [-0.4, -0.2) is 37.4 Å². The number of rotatable bonds is 6. The van der Waals surface area contributed by atoms with Gasteiger partial charge < -0.3 is 14.5 Å². The first-order valence-corrected chi connectivity index (χ1v) is 8.66. The van der Waals surface area contributed by atoms with Gasteiger partial charge in [0.2, 0.25) is 5.91 Å². The number of fused-ring (bicyclic) bond motifs is 1. The third kappa shape index (κ3) is 3.38. The largest absolute Gasteiger partial charge is 0.338 e. The number of carbonyl (C=O) groups excluding carboxylic acids is 1. The van der Waals surface area contributed by atoms with Gasteiger partial charge >= 0.3 is 0 Å². The number of nitrogens with one attached hydrogen (secondary N) is 1. The predicted molar refractivity (Wildman–Crippen MR) is 92.9 cm³/mol. The number of aryl methyl sites for hydroxylation is 2. The number of hydrogen-bond acceptors (Lipinski definition) is 5. The van der Waals surface area contributed by atoms with Crippen molar-refractivity contribution in [2.24, 2.45) is 0 Å². The standard InChI is InChI=1S/C16H19N5O2S/c1-3-13-17-6-8-21(13)7-4-14(22)20(2)10-12-18-11-5-9-24-15(11)16(23)19-12/h5-6,8-9H,3-4,7,10H2,1-2H3,(H,18,19,23). The zero-order valence-electron chi connectivity index (χ0n) is 13.7. The minimum Gasteiger partial charge on any atom is -0.338 e. The summed E-state index contributed by atoms with van der Waals surface area (Å²) < 4.78 is 2.60. The number of amides is 1. The normalized spacial score (nSPS) is 11.1. The summed E-state index contributed by atoms with van der Waals surface area (Å²) in [7, 11) is 1.72. The van der Waals surface area contributed by atoms with E-state index >= 15 is 0 Å². The van der Waals surface area contributed by atoms with E-state index in [0.717, 1.165) is 12.2 Å². The third-order valence-corrected chi connectivity index (χ3v) is 4.76. The highest BCUT2D eigenvalue weighted by molar-refractivity contribution is 7.17. The summed E-state index contributed by atoms with van der Waals surface area (Å²) in [6, 6.07) is 1.81. The van der Waals surface area contributed by atoms with Gasteiger partial charge in [0.05, 0.1) is 12.1 Å². The Morgan fingerprint density at radius 1 is 1.46 bits per heavy atom. The molecule has 0 saturated heterocycles. The minimum atomic E-state index is -0.156. The van der Waals surface area contributed by atoms with Crippen LogP contribution in [0.2, 0.25) is 0 Å². The molecule has 0 aliphatic carbocycles. The van der Waals surface area contributed by atoms with E-state index in [1.165, 1.54) is 11.3 Å². The fourth-order valence-corrected chi connectivity index (χ4v) is 3.30. The summed E-state index contributed by atoms with van der Waals surface area (Å²) in [6.45, 7) is 2.92. The molecule has 126 valence electrons. The Kier molecular flexibility index (Phi) is 4.75. The van der Waals surface area contributed by atoms with Crippen LogP contribution in [0.5, 0.6) is 0 Å². The highest BCUT2D eigenvalue weighted by Gasteiger charge is 2.13. The second-order valence-corrected chi connectivity index (χ2v) is 6.45. The lowest BCUT2D eigenvalue weighted by Gasteiger charge is -2.17. The highest BCUT2D eigenvalue weighted by atomic mass is 32.1. The summed E-state index contributed by atoms with van der Waals surface area (Å²) in [4.78, 5) is 37.3. The molecule has 3 aromatic heterocycles. The molecule has 24 heavy (non-hydrogen) atoms. The van der Waals surface area contributed by atoms with E-state index in [4.69, 9.17) is 0 Å². The van der Waals surface area contributed by atoms with Crippen LogP contribution >= 0.6 is 11.3 Å². The number of H-pyrrole nitrogens is 1. The van der Waals surface area contributed by atoms with Crippen molar-refractivity contribution in [2.45, 2.75) is 32.9 Å². The lowest BCUT2D eigenvalue weighted by molar-refractivity contribution is -0.130. The molecule has 0 unspecified atom stereocenters. The Morgan fingerprint density at radius 3 is 3.08 bits per heavy atom. The maximum absolute atomic E-state index is 12.3. The molecule has 3 rings (SSSR count). The van der Waals surface area contributed by atoms with E-state index in [0.29, 0.717) is 29.0 Å². The molecule has 3 heterocycles. The molecule has 0 aromatic carbocycles. The van der Waals surface area contributed by atoms with E-state index in [1.807, 2.05) is 29.1 Å². The minimum absolute atomic E-state index is 0.00109. The zero-order valence-corrected chi connectivity index (χ0v) is 14.5. The first kappa shape index (κ1) is 16.4. The van der Waals surface area contributed by atoms with Crippen LogP contribution in [0.15, 0.2) is 28.6 Å². The van der Waals surface area contributed by atoms with Crippen LogP contribution in [0.1, 0.15) is 25.0 Å². The zero-order chi connectivity index (χ0) is 17.1. The van der Waals surface area contributed by atoms with E-state index in [2.05, 4.69) is 15.0 Å².